The molecule has 1 amide bonds. The number of hydrogen-bond donors (Lipinski definition) is 1. The number of halogens is 1. The lowest BCUT2D eigenvalue weighted by atomic mass is 10.0. The Balaban J connectivity index is 1.77. The number of nitrogens with zero attached hydrogens (tertiary/aromatic N) is 1. The predicted molar refractivity (Wildman–Crippen MR) is 106 cm³/mol. The number of likely N-dealkylation sites (tertiary alicyclic amines) is 1. The maximum absolute atomic E-state index is 13.6. The summed E-state index contributed by atoms with van der Waals surface area (Å²) in [6.45, 7) is 2.43. The van der Waals surface area contributed by atoms with Crippen LogP contribution in [0.3, 0.4) is 0 Å². The van der Waals surface area contributed by atoms with E-state index in [0.29, 0.717) is 12.3 Å². The fourth-order valence-corrected chi connectivity index (χ4v) is 3.66. The Morgan fingerprint density at radius 1 is 1.07 bits per heavy atom. The van der Waals surface area contributed by atoms with Gasteiger partial charge in [0.25, 0.3) is 5.91 Å². The highest BCUT2D eigenvalue weighted by atomic mass is 19.1. The summed E-state index contributed by atoms with van der Waals surface area (Å²) in [5, 5.41) is 2.97. The summed E-state index contributed by atoms with van der Waals surface area (Å²) in [6.07, 6.45) is 3.54. The largest absolute Gasteiger partial charge is 0.497 e. The average molecular weight is 386 g/mol. The molecule has 0 saturated carbocycles. The average Bonchev–Trinajstić information content (AvgIpc) is 2.75. The summed E-state index contributed by atoms with van der Waals surface area (Å²) in [6, 6.07) is 11.9. The number of carbonyl (C=O) groups is 1. The normalized spacial score (nSPS) is 15.7. The van der Waals surface area contributed by atoms with E-state index >= 15 is 0 Å². The number of hydrogen-bond acceptors (Lipinski definition) is 4. The van der Waals surface area contributed by atoms with Crippen molar-refractivity contribution in [3.63, 3.8) is 0 Å². The van der Waals surface area contributed by atoms with E-state index in [2.05, 4.69) is 10.2 Å². The number of benzene rings is 2. The quantitative estimate of drug-likeness (QED) is 0.786. The first-order valence-corrected chi connectivity index (χ1v) is 9.62. The molecule has 0 radical (unpaired) electrons. The molecule has 0 spiro atoms. The Morgan fingerprint density at radius 3 is 2.43 bits per heavy atom. The summed E-state index contributed by atoms with van der Waals surface area (Å²) in [4.78, 5) is 15.1. The van der Waals surface area contributed by atoms with Gasteiger partial charge < -0.3 is 14.8 Å². The fourth-order valence-electron chi connectivity index (χ4n) is 3.66. The third-order valence-corrected chi connectivity index (χ3v) is 5.19. The number of piperidine rings is 1. The first kappa shape index (κ1) is 20.1. The lowest BCUT2D eigenvalue weighted by Gasteiger charge is -2.35. The van der Waals surface area contributed by atoms with E-state index < -0.39 is 5.82 Å². The van der Waals surface area contributed by atoms with Crippen molar-refractivity contribution in [1.29, 1.82) is 0 Å². The molecule has 1 aliphatic rings. The first-order chi connectivity index (χ1) is 13.6. The smallest absolute Gasteiger partial charge is 0.255 e. The van der Waals surface area contributed by atoms with Gasteiger partial charge in [0.1, 0.15) is 17.3 Å². The molecule has 0 bridgehead atoms. The van der Waals surface area contributed by atoms with Gasteiger partial charge in [-0.3, -0.25) is 9.69 Å². The van der Waals surface area contributed by atoms with Gasteiger partial charge in [-0.05, 0) is 61.8 Å². The minimum absolute atomic E-state index is 0.0507. The van der Waals surface area contributed by atoms with Crippen LogP contribution in [0.15, 0.2) is 42.5 Å². The van der Waals surface area contributed by atoms with Crippen LogP contribution < -0.4 is 14.8 Å². The van der Waals surface area contributed by atoms with Crippen molar-refractivity contribution in [1.82, 2.24) is 10.2 Å². The van der Waals surface area contributed by atoms with E-state index in [9.17, 15) is 9.18 Å². The summed E-state index contributed by atoms with van der Waals surface area (Å²) in [5.74, 6) is 0.355. The van der Waals surface area contributed by atoms with E-state index in [0.717, 1.165) is 37.2 Å². The summed E-state index contributed by atoms with van der Waals surface area (Å²) in [7, 11) is 3.11. The van der Waals surface area contributed by atoms with Gasteiger partial charge in [0.15, 0.2) is 0 Å². The molecule has 1 aliphatic heterocycles. The molecule has 1 atom stereocenters. The van der Waals surface area contributed by atoms with Crippen LogP contribution in [0.4, 0.5) is 4.39 Å². The molecule has 1 heterocycles. The summed E-state index contributed by atoms with van der Waals surface area (Å²) < 4.78 is 24.1. The molecule has 3 rings (SSSR count). The molecule has 0 aliphatic carbocycles. The number of methoxy groups -OCH3 is 2. The van der Waals surface area contributed by atoms with Crippen LogP contribution in [0.1, 0.15) is 41.2 Å². The van der Waals surface area contributed by atoms with Crippen molar-refractivity contribution in [3.05, 3.63) is 59.4 Å². The predicted octanol–water partition coefficient (Wildman–Crippen LogP) is 3.80. The number of carbonyl (C=O) groups excluding carboxylic acids is 1. The molecule has 2 aromatic rings. The Labute approximate surface area is 165 Å². The zero-order valence-electron chi connectivity index (χ0n) is 16.4. The van der Waals surface area contributed by atoms with Crippen LogP contribution in [-0.4, -0.2) is 44.7 Å². The van der Waals surface area contributed by atoms with Gasteiger partial charge in [0, 0.05) is 6.54 Å². The fraction of sp³-hybridized carbons (Fsp3) is 0.409. The third-order valence-electron chi connectivity index (χ3n) is 5.19. The standard InChI is InChI=1S/C22H27FN2O3/c1-27-18-9-6-16(7-10-18)20(25-12-4-3-5-13-25)15-24-22(26)19-14-17(23)8-11-21(19)28-2/h6-11,14,20H,3-5,12-13,15H2,1-2H3,(H,24,26). The van der Waals surface area contributed by atoms with Crippen molar-refractivity contribution < 1.29 is 18.7 Å². The van der Waals surface area contributed by atoms with Gasteiger partial charge >= 0.3 is 0 Å². The minimum atomic E-state index is -0.464. The van der Waals surface area contributed by atoms with Crippen LogP contribution in [0.2, 0.25) is 0 Å². The SMILES string of the molecule is COc1ccc(C(CNC(=O)c2cc(F)ccc2OC)N2CCCCC2)cc1. The molecule has 5 nitrogen and oxygen atoms in total. The van der Waals surface area contributed by atoms with Crippen LogP contribution in [0.5, 0.6) is 11.5 Å². The highest BCUT2D eigenvalue weighted by Gasteiger charge is 2.24. The van der Waals surface area contributed by atoms with Crippen LogP contribution in [-0.2, 0) is 0 Å². The second kappa shape index (κ2) is 9.55. The zero-order chi connectivity index (χ0) is 19.9. The monoisotopic (exact) mass is 386 g/mol. The molecule has 1 unspecified atom stereocenters. The third kappa shape index (κ3) is 4.81. The van der Waals surface area contributed by atoms with Crippen molar-refractivity contribution >= 4 is 5.91 Å². The van der Waals surface area contributed by atoms with E-state index in [1.165, 1.54) is 31.7 Å². The Morgan fingerprint density at radius 2 is 1.79 bits per heavy atom. The van der Waals surface area contributed by atoms with E-state index in [1.807, 2.05) is 24.3 Å². The van der Waals surface area contributed by atoms with Crippen molar-refractivity contribution in [3.8, 4) is 11.5 Å². The second-order valence-electron chi connectivity index (χ2n) is 6.94. The molecular weight excluding hydrogens is 359 g/mol. The van der Waals surface area contributed by atoms with Crippen LogP contribution in [0, 0.1) is 5.82 Å². The molecule has 1 saturated heterocycles. The molecule has 2 aromatic carbocycles. The van der Waals surface area contributed by atoms with Gasteiger partial charge in [-0.1, -0.05) is 18.6 Å². The van der Waals surface area contributed by atoms with Gasteiger partial charge in [-0.2, -0.15) is 0 Å². The highest BCUT2D eigenvalue weighted by Crippen LogP contribution is 2.26. The van der Waals surface area contributed by atoms with Gasteiger partial charge in [-0.25, -0.2) is 4.39 Å². The van der Waals surface area contributed by atoms with Gasteiger partial charge in [-0.15, -0.1) is 0 Å². The molecular formula is C22H27FN2O3. The number of rotatable bonds is 7. The molecule has 0 aromatic heterocycles. The summed E-state index contributed by atoms with van der Waals surface area (Å²) >= 11 is 0. The lowest BCUT2D eigenvalue weighted by molar-refractivity contribution is 0.0921. The molecule has 1 fully saturated rings. The van der Waals surface area contributed by atoms with Crippen LogP contribution >= 0.6 is 0 Å². The van der Waals surface area contributed by atoms with Gasteiger partial charge in [0.05, 0.1) is 25.8 Å². The Bertz CT molecular complexity index is 789. The molecule has 6 heteroatoms. The van der Waals surface area contributed by atoms with E-state index in [1.54, 1.807) is 7.11 Å². The first-order valence-electron chi connectivity index (χ1n) is 9.62. The van der Waals surface area contributed by atoms with E-state index in [-0.39, 0.29) is 17.5 Å². The maximum Gasteiger partial charge on any atom is 0.255 e. The number of amides is 1. The molecule has 1 N–H and O–H groups in total. The van der Waals surface area contributed by atoms with Crippen molar-refractivity contribution in [2.45, 2.75) is 25.3 Å². The van der Waals surface area contributed by atoms with Crippen molar-refractivity contribution in [2.24, 2.45) is 0 Å². The van der Waals surface area contributed by atoms with E-state index in [4.69, 9.17) is 9.47 Å². The highest BCUT2D eigenvalue weighted by molar-refractivity contribution is 5.96. The Hall–Kier alpha value is -2.60. The van der Waals surface area contributed by atoms with Crippen LogP contribution in [0.25, 0.3) is 0 Å². The Kier molecular flexibility index (Phi) is 6.87. The lowest BCUT2D eigenvalue weighted by Crippen LogP contribution is -2.40. The number of nitrogens with one attached hydrogen (secondary N) is 1. The second-order valence-corrected chi connectivity index (χ2v) is 6.94. The zero-order valence-corrected chi connectivity index (χ0v) is 16.4. The number of ether oxygens (including phenoxy) is 2. The van der Waals surface area contributed by atoms with Crippen molar-refractivity contribution in [2.75, 3.05) is 33.9 Å². The topological polar surface area (TPSA) is 50.8 Å². The molecule has 150 valence electrons. The van der Waals surface area contributed by atoms with Gasteiger partial charge in [0.2, 0.25) is 0 Å². The summed E-state index contributed by atoms with van der Waals surface area (Å²) in [5.41, 5.74) is 1.32. The maximum atomic E-state index is 13.6. The minimum Gasteiger partial charge on any atom is -0.497 e. The molecule has 28 heavy (non-hydrogen) atoms.